The van der Waals surface area contributed by atoms with E-state index in [0.29, 0.717) is 45.4 Å². The van der Waals surface area contributed by atoms with Gasteiger partial charge in [-0.2, -0.15) is 10.5 Å². The normalized spacial score (nSPS) is 11.2. The number of aromatic nitrogens is 5. The molecule has 0 amide bonds. The fraction of sp³-hybridized carbons (Fsp3) is 0. The lowest BCUT2D eigenvalue weighted by molar-refractivity contribution is 1.07. The molecule has 0 aliphatic carbocycles. The maximum atomic E-state index is 11.0. The number of hydrogen-bond acceptors (Lipinski definition) is 5. The van der Waals surface area contributed by atoms with Crippen molar-refractivity contribution in [3.05, 3.63) is 350 Å². The Kier molecular flexibility index (Phi) is 14.5. The summed E-state index contributed by atoms with van der Waals surface area (Å²) in [5.41, 5.74) is 23.3. The minimum absolute atomic E-state index is 0.407. The van der Waals surface area contributed by atoms with Gasteiger partial charge >= 0.3 is 0 Å². The molecule has 0 N–H and O–H groups in total. The van der Waals surface area contributed by atoms with Gasteiger partial charge in [0.05, 0.1) is 63.3 Å². The first-order valence-electron chi connectivity index (χ1n) is 32.4. The topological polar surface area (TPSA) is 100 Å². The molecule has 98 heavy (non-hydrogen) atoms. The lowest BCUT2D eigenvalue weighted by Crippen LogP contribution is -2.03. The smallest absolute Gasteiger partial charge is 0.194 e. The Bertz CT molecular complexity index is 5630. The number of benzene rings is 14. The van der Waals surface area contributed by atoms with Gasteiger partial charge in [-0.25, -0.2) is 19.8 Å². The van der Waals surface area contributed by atoms with Crippen molar-refractivity contribution in [1.82, 2.24) is 24.1 Å². The van der Waals surface area contributed by atoms with E-state index in [1.165, 1.54) is 0 Å². The Morgan fingerprint density at radius 2 is 0.602 bits per heavy atom. The minimum Gasteiger partial charge on any atom is -0.309 e. The third-order valence-corrected chi connectivity index (χ3v) is 18.7. The summed E-state index contributed by atoms with van der Waals surface area (Å²) in [5.74, 6) is 1.24. The molecule has 454 valence electrons. The Labute approximate surface area is 566 Å². The number of hydrogen-bond donors (Lipinski definition) is 0. The van der Waals surface area contributed by atoms with Crippen molar-refractivity contribution in [3.63, 3.8) is 0 Å². The van der Waals surface area contributed by atoms with Crippen LogP contribution in [0.1, 0.15) is 11.1 Å². The predicted molar refractivity (Wildman–Crippen MR) is 399 cm³/mol. The monoisotopic (exact) mass is 1250 g/mol. The van der Waals surface area contributed by atoms with E-state index in [1.807, 2.05) is 109 Å². The highest BCUT2D eigenvalue weighted by molar-refractivity contribution is 6.14. The predicted octanol–water partition coefficient (Wildman–Crippen LogP) is 23.0. The Morgan fingerprint density at radius 1 is 0.265 bits per heavy atom. The number of para-hydroxylation sites is 1. The molecule has 8 nitrogen and oxygen atoms in total. The summed E-state index contributed by atoms with van der Waals surface area (Å²) < 4.78 is 4.65. The maximum absolute atomic E-state index is 11.0. The average molecular weight is 1250 g/mol. The molecule has 14 aromatic carbocycles. The number of rotatable bonds is 12. The molecular weight excluding hydrogens is 1190 g/mol. The third-order valence-electron chi connectivity index (χ3n) is 18.7. The molecule has 0 bridgehead atoms. The zero-order chi connectivity index (χ0) is 65.6. The van der Waals surface area contributed by atoms with E-state index >= 15 is 0 Å². The maximum Gasteiger partial charge on any atom is 0.194 e. The zero-order valence-corrected chi connectivity index (χ0v) is 52.8. The zero-order valence-electron chi connectivity index (χ0n) is 52.8. The van der Waals surface area contributed by atoms with Crippen molar-refractivity contribution in [3.8, 4) is 136 Å². The van der Waals surface area contributed by atoms with Crippen molar-refractivity contribution in [2.24, 2.45) is 0 Å². The lowest BCUT2D eigenvalue weighted by Gasteiger charge is -2.18. The summed E-state index contributed by atoms with van der Waals surface area (Å²) in [6.07, 6.45) is 0. The van der Waals surface area contributed by atoms with Crippen molar-refractivity contribution in [1.29, 1.82) is 10.5 Å². The number of nitrogens with zero attached hydrogens (tertiary/aromatic N) is 8. The summed E-state index contributed by atoms with van der Waals surface area (Å²) >= 11 is 0. The highest BCUT2D eigenvalue weighted by atomic mass is 15.0. The summed E-state index contributed by atoms with van der Waals surface area (Å²) in [5, 5.41) is 25.3. The van der Waals surface area contributed by atoms with Crippen molar-refractivity contribution >= 4 is 49.3 Å². The molecule has 3 aromatic heterocycles. The molecular formula is C90H54N8. The standard InChI is InChI=1S/C90H54N8/c1-93-81-35-17-16-34-74(81)76-55-71(41-47-83(76)98-86-44-38-67(61-25-10-4-11-26-61)52-79(86)80-53-68(39-45-87(80)98)62-27-12-5-13-28-62)90-95-88(69-32-19-31-64(49-69)63-30-18-20-58(48-63)56-91)94-89(96-90)70-40-46-82(75(54-70)73-33-15-14-29-72(73)57-92)97-84-42-36-65(59-21-6-2-7-22-59)50-77(84)78-51-66(37-43-85(78)97)60-23-8-3-9-24-60/h2-55H. The van der Waals surface area contributed by atoms with Gasteiger partial charge in [-0.05, 0) is 176 Å². The van der Waals surface area contributed by atoms with Crippen LogP contribution in [-0.4, -0.2) is 24.1 Å². The van der Waals surface area contributed by atoms with Crippen LogP contribution in [0.25, 0.3) is 172 Å². The van der Waals surface area contributed by atoms with Crippen LogP contribution in [-0.2, 0) is 0 Å². The molecule has 0 fully saturated rings. The van der Waals surface area contributed by atoms with Gasteiger partial charge in [-0.15, -0.1) is 0 Å². The van der Waals surface area contributed by atoms with E-state index in [1.54, 1.807) is 6.07 Å². The van der Waals surface area contributed by atoms with E-state index in [0.717, 1.165) is 138 Å². The molecule has 3 heterocycles. The summed E-state index contributed by atoms with van der Waals surface area (Å²) in [6.45, 7) is 8.60. The quantitative estimate of drug-likeness (QED) is 0.113. The van der Waals surface area contributed by atoms with E-state index in [-0.39, 0.29) is 0 Å². The molecule has 17 rings (SSSR count). The van der Waals surface area contributed by atoms with Crippen LogP contribution < -0.4 is 0 Å². The fourth-order valence-electron chi connectivity index (χ4n) is 14.0. The van der Waals surface area contributed by atoms with Crippen LogP contribution in [0.5, 0.6) is 0 Å². The Hall–Kier alpha value is -13.8. The summed E-state index contributed by atoms with van der Waals surface area (Å²) in [6, 6.07) is 117. The number of nitriles is 2. The molecule has 0 radical (unpaired) electrons. The van der Waals surface area contributed by atoms with Gasteiger partial charge < -0.3 is 9.13 Å². The first kappa shape index (κ1) is 58.0. The molecule has 0 spiro atoms. The second-order valence-electron chi connectivity index (χ2n) is 24.4. The molecule has 17 aromatic rings. The van der Waals surface area contributed by atoms with E-state index in [2.05, 4.69) is 238 Å². The van der Waals surface area contributed by atoms with Gasteiger partial charge in [0.25, 0.3) is 0 Å². The molecule has 0 saturated carbocycles. The van der Waals surface area contributed by atoms with Crippen LogP contribution in [0.3, 0.4) is 0 Å². The first-order chi connectivity index (χ1) is 48.4. The van der Waals surface area contributed by atoms with Gasteiger partial charge in [0.1, 0.15) is 0 Å². The summed E-state index contributed by atoms with van der Waals surface area (Å²) in [7, 11) is 0. The van der Waals surface area contributed by atoms with Gasteiger partial charge in [0.15, 0.2) is 23.2 Å². The molecule has 0 atom stereocenters. The van der Waals surface area contributed by atoms with Crippen LogP contribution in [0, 0.1) is 29.2 Å². The largest absolute Gasteiger partial charge is 0.309 e. The van der Waals surface area contributed by atoms with E-state index < -0.39 is 0 Å². The average Bonchev–Trinajstić information content (AvgIpc) is 1.53. The van der Waals surface area contributed by atoms with E-state index in [4.69, 9.17) is 21.5 Å². The molecule has 0 unspecified atom stereocenters. The van der Waals surface area contributed by atoms with Crippen LogP contribution in [0.2, 0.25) is 0 Å². The second kappa shape index (κ2) is 24.6. The van der Waals surface area contributed by atoms with Crippen molar-refractivity contribution in [2.75, 3.05) is 0 Å². The van der Waals surface area contributed by atoms with Gasteiger partial charge in [-0.3, -0.25) is 0 Å². The molecule has 0 aliphatic rings. The second-order valence-corrected chi connectivity index (χ2v) is 24.4. The molecule has 0 aliphatic heterocycles. The van der Waals surface area contributed by atoms with Gasteiger partial charge in [0, 0.05) is 49.4 Å². The van der Waals surface area contributed by atoms with Crippen molar-refractivity contribution < 1.29 is 0 Å². The van der Waals surface area contributed by atoms with Crippen molar-refractivity contribution in [2.45, 2.75) is 0 Å². The van der Waals surface area contributed by atoms with Crippen LogP contribution >= 0.6 is 0 Å². The minimum atomic E-state index is 0.407. The van der Waals surface area contributed by atoms with Crippen LogP contribution in [0.15, 0.2) is 328 Å². The SMILES string of the molecule is [C-]#[N+]c1ccccc1-c1cc(-c2nc(-c3cccc(-c4cccc(C#N)c4)c3)nc(-c3ccc(-n4c5ccc(-c6ccccc6)cc5c5cc(-c6ccccc6)ccc54)c(-c4ccccc4C#N)c3)n2)ccc1-n1c2ccc(-c3ccccc3)cc2c2cc(-c3ccccc3)ccc21. The third kappa shape index (κ3) is 10.4. The Morgan fingerprint density at radius 3 is 1.03 bits per heavy atom. The molecule has 0 saturated heterocycles. The van der Waals surface area contributed by atoms with Crippen LogP contribution in [0.4, 0.5) is 5.69 Å². The Balaban J connectivity index is 0.895. The lowest BCUT2D eigenvalue weighted by atomic mass is 9.96. The molecule has 8 heteroatoms. The highest BCUT2D eigenvalue weighted by Crippen LogP contribution is 2.45. The number of fused-ring (bicyclic) bond motifs is 6. The highest BCUT2D eigenvalue weighted by Gasteiger charge is 2.24. The summed E-state index contributed by atoms with van der Waals surface area (Å²) in [4.78, 5) is 20.5. The van der Waals surface area contributed by atoms with Gasteiger partial charge in [-0.1, -0.05) is 218 Å². The first-order valence-corrected chi connectivity index (χ1v) is 32.4. The van der Waals surface area contributed by atoms with E-state index in [9.17, 15) is 10.5 Å². The van der Waals surface area contributed by atoms with Gasteiger partial charge in [0.2, 0.25) is 0 Å². The fourth-order valence-corrected chi connectivity index (χ4v) is 14.0.